The second-order valence-electron chi connectivity index (χ2n) is 18.3. The number of benzene rings is 1. The van der Waals surface area contributed by atoms with Crippen LogP contribution < -0.4 is 10.2 Å². The van der Waals surface area contributed by atoms with Crippen molar-refractivity contribution in [1.29, 1.82) is 10.5 Å². The standard InChI is InChI=1S/C41H51FN9O6P/c1-24-30(12-13-33(42)46-24)36(32-22-50(49-48-32)41-16-26(17-41)18-41)51(37(52)54-23-55-58(53,56-39(6,7)8)57-40(9,10)11)29-14-27(19-43)34-31(15-29)35(28(20-44)21-45-34)47-25(2)38(3,4)5/h12-15,21-22,25-26,36H,16-18,23H2,1-11H3,(H,45,47)/t25?,26?,36-,41?/m0/s1. The second kappa shape index (κ2) is 15.3. The number of nitrogens with zero attached hydrogens (tertiary/aromatic N) is 8. The van der Waals surface area contributed by atoms with Crippen LogP contribution in [0.4, 0.5) is 20.6 Å². The van der Waals surface area contributed by atoms with E-state index in [0.29, 0.717) is 28.2 Å². The van der Waals surface area contributed by atoms with E-state index < -0.39 is 43.9 Å². The molecule has 1 N–H and O–H groups in total. The van der Waals surface area contributed by atoms with E-state index in [2.05, 4.69) is 37.7 Å². The topological polar surface area (TPSA) is 190 Å². The van der Waals surface area contributed by atoms with Gasteiger partial charge in [0.2, 0.25) is 12.7 Å². The molecular weight excluding hydrogens is 764 g/mol. The van der Waals surface area contributed by atoms with Crippen molar-refractivity contribution in [1.82, 2.24) is 25.0 Å². The molecule has 3 aromatic heterocycles. The van der Waals surface area contributed by atoms with Crippen molar-refractivity contribution in [3.63, 3.8) is 0 Å². The van der Waals surface area contributed by atoms with Crippen LogP contribution in [0.1, 0.15) is 123 Å². The Balaban J connectivity index is 1.54. The fourth-order valence-corrected chi connectivity index (χ4v) is 8.77. The summed E-state index contributed by atoms with van der Waals surface area (Å²) in [7, 11) is -4.33. The van der Waals surface area contributed by atoms with E-state index in [1.807, 2.05) is 32.4 Å². The van der Waals surface area contributed by atoms with E-state index in [9.17, 15) is 24.3 Å². The highest BCUT2D eigenvalue weighted by molar-refractivity contribution is 7.48. The van der Waals surface area contributed by atoms with Gasteiger partial charge < -0.3 is 10.1 Å². The SMILES string of the molecule is Cc1nc(F)ccc1[C@@H](c1cn(C23CC(C2)C3)nn1)N(C(=O)OCOP(=O)(OC(C)(C)C)OC(C)(C)C)c1cc(C#N)c2ncc(C#N)c(NC(C)C(C)(C)C)c2c1. The van der Waals surface area contributed by atoms with Gasteiger partial charge >= 0.3 is 13.9 Å². The highest BCUT2D eigenvalue weighted by Gasteiger charge is 2.59. The quantitative estimate of drug-likeness (QED) is 0.0810. The highest BCUT2D eigenvalue weighted by atomic mass is 31.2. The Morgan fingerprint density at radius 3 is 2.22 bits per heavy atom. The largest absolute Gasteiger partial charge is 0.478 e. The zero-order valence-electron chi connectivity index (χ0n) is 34.9. The van der Waals surface area contributed by atoms with Crippen molar-refractivity contribution in [2.24, 2.45) is 11.3 Å². The van der Waals surface area contributed by atoms with E-state index >= 15 is 0 Å². The van der Waals surface area contributed by atoms with E-state index in [4.69, 9.17) is 18.3 Å². The molecular formula is C41H51FN9O6P. The van der Waals surface area contributed by atoms with E-state index in [-0.39, 0.29) is 45.0 Å². The van der Waals surface area contributed by atoms with Gasteiger partial charge in [0.05, 0.1) is 51.0 Å². The van der Waals surface area contributed by atoms with Gasteiger partial charge in [-0.15, -0.1) is 5.10 Å². The maximum absolute atomic E-state index is 14.8. The normalized spacial score (nSPS) is 19.0. The number of nitriles is 2. The first-order chi connectivity index (χ1) is 26.9. The monoisotopic (exact) mass is 815 g/mol. The summed E-state index contributed by atoms with van der Waals surface area (Å²) in [5.74, 6) is -0.0959. The second-order valence-corrected chi connectivity index (χ2v) is 19.8. The molecule has 7 rings (SSSR count). The number of aromatic nitrogens is 5. The summed E-state index contributed by atoms with van der Waals surface area (Å²) < 4.78 is 53.2. The van der Waals surface area contributed by atoms with Gasteiger partial charge in [-0.2, -0.15) is 14.9 Å². The number of hydrogen-bond acceptors (Lipinski definition) is 13. The first-order valence-electron chi connectivity index (χ1n) is 19.2. The molecule has 3 saturated carbocycles. The maximum atomic E-state index is 14.8. The Morgan fingerprint density at radius 2 is 1.69 bits per heavy atom. The number of ether oxygens (including phenoxy) is 1. The Hall–Kier alpha value is -4.99. The molecule has 17 heteroatoms. The molecule has 3 aliphatic rings. The van der Waals surface area contributed by atoms with E-state index in [1.54, 1.807) is 60.7 Å². The molecule has 3 aliphatic carbocycles. The molecule has 308 valence electrons. The number of hydrogen-bond donors (Lipinski definition) is 1. The molecule has 3 heterocycles. The van der Waals surface area contributed by atoms with Crippen LogP contribution in [0.5, 0.6) is 0 Å². The van der Waals surface area contributed by atoms with Gasteiger partial charge in [-0.3, -0.25) is 18.9 Å². The maximum Gasteiger partial charge on any atom is 0.478 e. The van der Waals surface area contributed by atoms with Gasteiger partial charge in [-0.05, 0) is 104 Å². The molecule has 0 aliphatic heterocycles. The lowest BCUT2D eigenvalue weighted by Crippen LogP contribution is -2.59. The van der Waals surface area contributed by atoms with Crippen LogP contribution in [-0.2, 0) is 28.4 Å². The number of phosphoric ester groups is 1. The Morgan fingerprint density at radius 1 is 1.05 bits per heavy atom. The lowest BCUT2D eigenvalue weighted by molar-refractivity contribution is -0.0989. The molecule has 2 bridgehead atoms. The molecule has 0 radical (unpaired) electrons. The predicted molar refractivity (Wildman–Crippen MR) is 214 cm³/mol. The number of carbonyl (C=O) groups is 1. The number of carbonyl (C=O) groups excluding carboxylic acids is 1. The molecule has 0 saturated heterocycles. The number of fused-ring (bicyclic) bond motifs is 1. The van der Waals surface area contributed by atoms with Gasteiger partial charge in [-0.25, -0.2) is 23.5 Å². The van der Waals surface area contributed by atoms with E-state index in [0.717, 1.165) is 19.3 Å². The zero-order valence-corrected chi connectivity index (χ0v) is 35.8. The van der Waals surface area contributed by atoms with E-state index in [1.165, 1.54) is 29.3 Å². The minimum absolute atomic E-state index is 0.0874. The molecule has 1 amide bonds. The number of rotatable bonds is 12. The molecule has 15 nitrogen and oxygen atoms in total. The van der Waals surface area contributed by atoms with Gasteiger partial charge in [0, 0.05) is 28.9 Å². The van der Waals surface area contributed by atoms with Gasteiger partial charge in [0.25, 0.3) is 0 Å². The van der Waals surface area contributed by atoms with Crippen LogP contribution in [-0.4, -0.2) is 55.1 Å². The van der Waals surface area contributed by atoms with Crippen molar-refractivity contribution in [3.05, 3.63) is 70.7 Å². The van der Waals surface area contributed by atoms with Crippen molar-refractivity contribution in [2.75, 3.05) is 17.0 Å². The molecule has 0 spiro atoms. The van der Waals surface area contributed by atoms with Crippen molar-refractivity contribution < 1.29 is 32.1 Å². The fourth-order valence-electron chi connectivity index (χ4n) is 7.11. The summed E-state index contributed by atoms with van der Waals surface area (Å²) >= 11 is 0. The third-order valence-corrected chi connectivity index (χ3v) is 12.4. The number of amides is 1. The van der Waals surface area contributed by atoms with Crippen LogP contribution in [0.15, 0.2) is 36.7 Å². The van der Waals surface area contributed by atoms with Gasteiger partial charge in [0.15, 0.2) is 0 Å². The first kappa shape index (κ1) is 42.6. The average Bonchev–Trinajstić information content (AvgIpc) is 3.52. The zero-order chi connectivity index (χ0) is 42.6. The highest BCUT2D eigenvalue weighted by Crippen LogP contribution is 2.62. The number of anilines is 2. The summed E-state index contributed by atoms with van der Waals surface area (Å²) in [4.78, 5) is 24.6. The fraction of sp³-hybridized carbons (Fsp3) is 0.537. The Kier molecular flexibility index (Phi) is 11.2. The minimum Gasteiger partial charge on any atom is -0.421 e. The number of phosphoric acid groups is 1. The third kappa shape index (κ3) is 8.86. The number of pyridine rings is 2. The average molecular weight is 816 g/mol. The summed E-state index contributed by atoms with van der Waals surface area (Å²) in [6.07, 6.45) is 5.02. The number of aryl methyl sites for hydroxylation is 1. The smallest absolute Gasteiger partial charge is 0.421 e. The van der Waals surface area contributed by atoms with Crippen LogP contribution in [0.25, 0.3) is 10.9 Å². The third-order valence-electron chi connectivity index (χ3n) is 10.4. The molecule has 1 aromatic carbocycles. The summed E-state index contributed by atoms with van der Waals surface area (Å²) in [5.41, 5.74) is -0.277. The van der Waals surface area contributed by atoms with Gasteiger partial charge in [0.1, 0.15) is 23.9 Å². The number of halogens is 1. The first-order valence-corrected chi connectivity index (χ1v) is 20.6. The van der Waals surface area contributed by atoms with Crippen molar-refractivity contribution in [2.45, 2.75) is 124 Å². The summed E-state index contributed by atoms with van der Waals surface area (Å²) in [6, 6.07) is 8.86. The summed E-state index contributed by atoms with van der Waals surface area (Å²) in [6.45, 7) is 18.9. The van der Waals surface area contributed by atoms with Crippen LogP contribution in [0, 0.1) is 46.9 Å². The van der Waals surface area contributed by atoms with Crippen LogP contribution >= 0.6 is 7.82 Å². The molecule has 1 unspecified atom stereocenters. The Labute approximate surface area is 338 Å². The number of nitrogens with one attached hydrogen (secondary N) is 1. The molecule has 3 fully saturated rings. The van der Waals surface area contributed by atoms with Crippen molar-refractivity contribution >= 4 is 36.2 Å². The summed E-state index contributed by atoms with van der Waals surface area (Å²) in [5, 5.41) is 33.7. The van der Waals surface area contributed by atoms with Gasteiger partial charge in [-0.1, -0.05) is 32.1 Å². The predicted octanol–water partition coefficient (Wildman–Crippen LogP) is 9.21. The van der Waals surface area contributed by atoms with Crippen LogP contribution in [0.2, 0.25) is 0 Å². The van der Waals surface area contributed by atoms with Crippen LogP contribution in [0.3, 0.4) is 0 Å². The lowest BCUT2D eigenvalue weighted by atomic mass is 9.50. The Bertz CT molecular complexity index is 2330. The molecule has 2 atom stereocenters. The van der Waals surface area contributed by atoms with Crippen molar-refractivity contribution in [3.8, 4) is 12.1 Å². The molecule has 4 aromatic rings. The molecule has 58 heavy (non-hydrogen) atoms. The lowest BCUT2D eigenvalue weighted by Gasteiger charge is -2.61. The minimum atomic E-state index is -4.33.